The quantitative estimate of drug-likeness (QED) is 0.589. The summed E-state index contributed by atoms with van der Waals surface area (Å²) < 4.78 is 1.60. The summed E-state index contributed by atoms with van der Waals surface area (Å²) in [5.41, 5.74) is -0.0778. The van der Waals surface area contributed by atoms with E-state index < -0.39 is 0 Å². The SMILES string of the molecule is CCCCCCCCNC(=O)C1CSc2nccc(=O)n2C1. The molecule has 0 radical (unpaired) electrons. The standard InChI is InChI=1S/C16H25N3O2S/c1-2-3-4-5-6-7-9-17-15(21)13-11-19-14(20)8-10-18-16(19)22-12-13/h8,10,13H,2-7,9,11-12H2,1H3,(H,17,21). The first-order valence-electron chi connectivity index (χ1n) is 8.18. The van der Waals surface area contributed by atoms with Crippen LogP contribution in [-0.2, 0) is 11.3 Å². The number of amides is 1. The molecule has 1 aromatic rings. The molecule has 1 aliphatic heterocycles. The van der Waals surface area contributed by atoms with Crippen molar-refractivity contribution in [1.82, 2.24) is 14.9 Å². The van der Waals surface area contributed by atoms with E-state index in [0.717, 1.165) is 13.0 Å². The van der Waals surface area contributed by atoms with Crippen LogP contribution in [0.4, 0.5) is 0 Å². The molecule has 1 aliphatic rings. The maximum atomic E-state index is 12.2. The molecule has 0 saturated heterocycles. The van der Waals surface area contributed by atoms with Crippen molar-refractivity contribution in [2.24, 2.45) is 5.92 Å². The Morgan fingerprint density at radius 3 is 2.95 bits per heavy atom. The summed E-state index contributed by atoms with van der Waals surface area (Å²) in [5.74, 6) is 0.612. The van der Waals surface area contributed by atoms with E-state index >= 15 is 0 Å². The highest BCUT2D eigenvalue weighted by atomic mass is 32.2. The zero-order valence-corrected chi connectivity index (χ0v) is 14.0. The summed E-state index contributed by atoms with van der Waals surface area (Å²) in [6.07, 6.45) is 8.83. The zero-order valence-electron chi connectivity index (χ0n) is 13.2. The van der Waals surface area contributed by atoms with Gasteiger partial charge in [0.15, 0.2) is 5.16 Å². The highest BCUT2D eigenvalue weighted by Crippen LogP contribution is 2.24. The van der Waals surface area contributed by atoms with Crippen LogP contribution in [0.25, 0.3) is 0 Å². The Bertz CT molecular complexity index is 544. The first kappa shape index (κ1) is 17.1. The van der Waals surface area contributed by atoms with E-state index in [4.69, 9.17) is 0 Å². The molecular weight excluding hydrogens is 298 g/mol. The van der Waals surface area contributed by atoms with Gasteiger partial charge in [0.05, 0.1) is 5.92 Å². The molecule has 1 aromatic heterocycles. The fourth-order valence-corrected chi connectivity index (χ4v) is 3.63. The predicted octanol–water partition coefficient (Wildman–Crippen LogP) is 2.44. The number of hydrogen-bond acceptors (Lipinski definition) is 4. The van der Waals surface area contributed by atoms with Crippen molar-refractivity contribution in [3.63, 3.8) is 0 Å². The van der Waals surface area contributed by atoms with Gasteiger partial charge in [0.25, 0.3) is 5.56 Å². The van der Waals surface area contributed by atoms with Crippen LogP contribution < -0.4 is 10.9 Å². The Labute approximate surface area is 135 Å². The van der Waals surface area contributed by atoms with Crippen LogP contribution in [-0.4, -0.2) is 27.8 Å². The minimum Gasteiger partial charge on any atom is -0.356 e. The molecule has 1 atom stereocenters. The van der Waals surface area contributed by atoms with Crippen molar-refractivity contribution in [3.05, 3.63) is 22.6 Å². The Hall–Kier alpha value is -1.30. The first-order chi connectivity index (χ1) is 10.7. The normalized spacial score (nSPS) is 17.0. The number of hydrogen-bond donors (Lipinski definition) is 1. The highest BCUT2D eigenvalue weighted by Gasteiger charge is 2.25. The van der Waals surface area contributed by atoms with Crippen molar-refractivity contribution in [3.8, 4) is 0 Å². The molecule has 0 aliphatic carbocycles. The summed E-state index contributed by atoms with van der Waals surface area (Å²) >= 11 is 1.48. The summed E-state index contributed by atoms with van der Waals surface area (Å²) in [6.45, 7) is 3.39. The van der Waals surface area contributed by atoms with Gasteiger partial charge in [0, 0.05) is 31.1 Å². The molecule has 1 amide bonds. The Morgan fingerprint density at radius 2 is 2.14 bits per heavy atom. The fourth-order valence-electron chi connectivity index (χ4n) is 2.57. The Balaban J connectivity index is 1.71. The van der Waals surface area contributed by atoms with Crippen LogP contribution in [0.3, 0.4) is 0 Å². The van der Waals surface area contributed by atoms with Gasteiger partial charge in [-0.2, -0.15) is 0 Å². The topological polar surface area (TPSA) is 64.0 Å². The van der Waals surface area contributed by atoms with Crippen LogP contribution >= 0.6 is 11.8 Å². The lowest BCUT2D eigenvalue weighted by Crippen LogP contribution is -2.40. The van der Waals surface area contributed by atoms with Crippen LogP contribution in [0.1, 0.15) is 45.4 Å². The number of rotatable bonds is 8. The molecule has 22 heavy (non-hydrogen) atoms. The summed E-state index contributed by atoms with van der Waals surface area (Å²) in [4.78, 5) is 28.2. The van der Waals surface area contributed by atoms with Crippen molar-refractivity contribution in [1.29, 1.82) is 0 Å². The maximum absolute atomic E-state index is 12.2. The number of nitrogens with one attached hydrogen (secondary N) is 1. The lowest BCUT2D eigenvalue weighted by Gasteiger charge is -2.23. The largest absolute Gasteiger partial charge is 0.356 e. The van der Waals surface area contributed by atoms with E-state index in [-0.39, 0.29) is 17.4 Å². The van der Waals surface area contributed by atoms with Gasteiger partial charge in [-0.15, -0.1) is 0 Å². The second kappa shape index (κ2) is 8.98. The zero-order chi connectivity index (χ0) is 15.8. The van der Waals surface area contributed by atoms with E-state index in [9.17, 15) is 9.59 Å². The number of carbonyl (C=O) groups excluding carboxylic acids is 1. The van der Waals surface area contributed by atoms with Gasteiger partial charge < -0.3 is 5.32 Å². The average molecular weight is 323 g/mol. The Kier molecular flexibility index (Phi) is 6.96. The molecule has 0 fully saturated rings. The van der Waals surface area contributed by atoms with Gasteiger partial charge in [-0.1, -0.05) is 50.8 Å². The van der Waals surface area contributed by atoms with Crippen LogP contribution in [0.5, 0.6) is 0 Å². The van der Waals surface area contributed by atoms with Gasteiger partial charge in [0.1, 0.15) is 0 Å². The third kappa shape index (κ3) is 4.87. The molecule has 0 saturated carbocycles. The molecule has 5 nitrogen and oxygen atoms in total. The number of aromatic nitrogens is 2. The van der Waals surface area contributed by atoms with Gasteiger partial charge >= 0.3 is 0 Å². The molecule has 6 heteroatoms. The summed E-state index contributed by atoms with van der Waals surface area (Å²) in [5, 5.41) is 3.72. The Morgan fingerprint density at radius 1 is 1.36 bits per heavy atom. The number of unbranched alkanes of at least 4 members (excludes halogenated alkanes) is 5. The molecular formula is C16H25N3O2S. The van der Waals surface area contributed by atoms with Crippen molar-refractivity contribution < 1.29 is 4.79 Å². The lowest BCUT2D eigenvalue weighted by molar-refractivity contribution is -0.124. The maximum Gasteiger partial charge on any atom is 0.254 e. The third-order valence-electron chi connectivity index (χ3n) is 3.92. The second-order valence-corrected chi connectivity index (χ2v) is 6.73. The smallest absolute Gasteiger partial charge is 0.254 e. The number of nitrogens with zero attached hydrogens (tertiary/aromatic N) is 2. The first-order valence-corrected chi connectivity index (χ1v) is 9.17. The van der Waals surface area contributed by atoms with Crippen molar-refractivity contribution in [2.75, 3.05) is 12.3 Å². The second-order valence-electron chi connectivity index (χ2n) is 5.74. The van der Waals surface area contributed by atoms with E-state index in [0.29, 0.717) is 17.5 Å². The minimum atomic E-state index is -0.139. The monoisotopic (exact) mass is 323 g/mol. The number of carbonyl (C=O) groups is 1. The highest BCUT2D eigenvalue weighted by molar-refractivity contribution is 7.99. The minimum absolute atomic E-state index is 0.0578. The molecule has 0 aromatic carbocycles. The van der Waals surface area contributed by atoms with E-state index in [2.05, 4.69) is 17.2 Å². The van der Waals surface area contributed by atoms with Gasteiger partial charge in [-0.05, 0) is 6.42 Å². The molecule has 0 bridgehead atoms. The van der Waals surface area contributed by atoms with Gasteiger partial charge in [0.2, 0.25) is 5.91 Å². The van der Waals surface area contributed by atoms with E-state index in [1.165, 1.54) is 56.1 Å². The number of thioether (sulfide) groups is 1. The molecule has 0 spiro atoms. The third-order valence-corrected chi connectivity index (χ3v) is 5.07. The van der Waals surface area contributed by atoms with Crippen molar-refractivity contribution >= 4 is 17.7 Å². The molecule has 122 valence electrons. The van der Waals surface area contributed by atoms with Crippen LogP contribution in [0.15, 0.2) is 22.2 Å². The molecule has 1 unspecified atom stereocenters. The predicted molar refractivity (Wildman–Crippen MR) is 89.1 cm³/mol. The molecule has 2 heterocycles. The van der Waals surface area contributed by atoms with E-state index in [1.54, 1.807) is 4.57 Å². The van der Waals surface area contributed by atoms with E-state index in [1.807, 2.05) is 0 Å². The number of fused-ring (bicyclic) bond motifs is 1. The van der Waals surface area contributed by atoms with Crippen molar-refractivity contribution in [2.45, 2.75) is 57.1 Å². The fraction of sp³-hybridized carbons (Fsp3) is 0.688. The van der Waals surface area contributed by atoms with Crippen LogP contribution in [0.2, 0.25) is 0 Å². The lowest BCUT2D eigenvalue weighted by atomic mass is 10.1. The van der Waals surface area contributed by atoms with Gasteiger partial charge in [-0.25, -0.2) is 4.98 Å². The molecule has 2 rings (SSSR count). The molecule has 1 N–H and O–H groups in total. The van der Waals surface area contributed by atoms with Gasteiger partial charge in [-0.3, -0.25) is 14.2 Å². The average Bonchev–Trinajstić information content (AvgIpc) is 2.54. The van der Waals surface area contributed by atoms with Crippen LogP contribution in [0, 0.1) is 5.92 Å². The summed E-state index contributed by atoms with van der Waals surface area (Å²) in [6, 6.07) is 1.45. The summed E-state index contributed by atoms with van der Waals surface area (Å²) in [7, 11) is 0.